The third-order valence-electron chi connectivity index (χ3n) is 8.13. The molecule has 0 aliphatic carbocycles. The van der Waals surface area contributed by atoms with Crippen LogP contribution in [0.5, 0.6) is 0 Å². The van der Waals surface area contributed by atoms with Crippen LogP contribution in [-0.2, 0) is 11.3 Å². The van der Waals surface area contributed by atoms with E-state index < -0.39 is 12.2 Å². The van der Waals surface area contributed by atoms with Gasteiger partial charge in [-0.15, -0.1) is 16.9 Å². The topological polar surface area (TPSA) is 92.1 Å². The van der Waals surface area contributed by atoms with Crippen molar-refractivity contribution in [1.82, 2.24) is 24.8 Å². The zero-order chi connectivity index (χ0) is 30.8. The number of alkyl halides is 1. The second kappa shape index (κ2) is 12.9. The summed E-state index contributed by atoms with van der Waals surface area (Å²) in [7, 11) is 0. The molecule has 230 valence electrons. The van der Waals surface area contributed by atoms with E-state index in [0.717, 1.165) is 29.0 Å². The van der Waals surface area contributed by atoms with E-state index in [0.29, 0.717) is 36.7 Å². The zero-order valence-corrected chi connectivity index (χ0v) is 25.4. The fraction of sp³-hybridized carbons (Fsp3) is 0.375. The van der Waals surface area contributed by atoms with Crippen LogP contribution in [0, 0.1) is 5.82 Å². The molecule has 9 nitrogen and oxygen atoms in total. The first kappa shape index (κ1) is 30.0. The molecule has 2 fully saturated rings. The summed E-state index contributed by atoms with van der Waals surface area (Å²) >= 11 is 1.49. The van der Waals surface area contributed by atoms with Crippen molar-refractivity contribution in [2.75, 3.05) is 37.4 Å². The van der Waals surface area contributed by atoms with E-state index in [1.165, 1.54) is 34.6 Å². The Morgan fingerprint density at radius 2 is 2.00 bits per heavy atom. The largest absolute Gasteiger partial charge is 0.462 e. The van der Waals surface area contributed by atoms with Gasteiger partial charge in [-0.1, -0.05) is 12.1 Å². The normalized spacial score (nSPS) is 20.4. The molecule has 0 bridgehead atoms. The van der Waals surface area contributed by atoms with Gasteiger partial charge in [0.15, 0.2) is 11.3 Å². The Morgan fingerprint density at radius 3 is 2.82 bits per heavy atom. The second-order valence-corrected chi connectivity index (χ2v) is 12.0. The molecule has 4 aromatic rings. The highest BCUT2D eigenvalue weighted by atomic mass is 32.2. The maximum absolute atomic E-state index is 14.8. The number of nitrogens with zero attached hydrogens (tertiary/aromatic N) is 5. The molecule has 0 spiro atoms. The van der Waals surface area contributed by atoms with Crippen LogP contribution in [0.4, 0.5) is 14.6 Å². The highest BCUT2D eigenvalue weighted by Crippen LogP contribution is 2.40. The maximum Gasteiger partial charge on any atom is 0.338 e. The van der Waals surface area contributed by atoms with E-state index in [9.17, 15) is 18.4 Å². The zero-order valence-electron chi connectivity index (χ0n) is 24.6. The van der Waals surface area contributed by atoms with E-state index in [1.807, 2.05) is 29.4 Å². The van der Waals surface area contributed by atoms with Crippen molar-refractivity contribution in [2.24, 2.45) is 0 Å². The first-order chi connectivity index (χ1) is 21.3. The van der Waals surface area contributed by atoms with Crippen molar-refractivity contribution in [2.45, 2.75) is 49.5 Å². The highest BCUT2D eigenvalue weighted by molar-refractivity contribution is 7.98. The monoisotopic (exact) mass is 620 g/mol. The number of thioether (sulfide) groups is 1. The number of anilines is 1. The maximum atomic E-state index is 14.8. The van der Waals surface area contributed by atoms with Gasteiger partial charge in [0.25, 0.3) is 5.91 Å². The summed E-state index contributed by atoms with van der Waals surface area (Å²) in [5.74, 6) is -0.514. The fourth-order valence-electron chi connectivity index (χ4n) is 6.09. The van der Waals surface area contributed by atoms with Crippen LogP contribution in [0.15, 0.2) is 65.7 Å². The Morgan fingerprint density at radius 1 is 1.14 bits per heavy atom. The third kappa shape index (κ3) is 6.27. The number of amides is 1. The Labute approximate surface area is 258 Å². The molecule has 12 heteroatoms. The number of hydrogen-bond acceptors (Lipinski definition) is 8. The van der Waals surface area contributed by atoms with E-state index >= 15 is 0 Å². The molecule has 2 aromatic heterocycles. The lowest BCUT2D eigenvalue weighted by atomic mass is 10.0. The van der Waals surface area contributed by atoms with E-state index in [-0.39, 0.29) is 42.4 Å². The van der Waals surface area contributed by atoms with Crippen LogP contribution in [0.1, 0.15) is 57.8 Å². The lowest BCUT2D eigenvalue weighted by Gasteiger charge is -2.27. The van der Waals surface area contributed by atoms with Gasteiger partial charge in [0.2, 0.25) is 0 Å². The number of fused-ring (bicyclic) bond motifs is 1. The molecule has 44 heavy (non-hydrogen) atoms. The molecule has 4 heterocycles. The van der Waals surface area contributed by atoms with Gasteiger partial charge >= 0.3 is 5.97 Å². The fourth-order valence-corrected chi connectivity index (χ4v) is 6.73. The molecule has 1 N–H and O–H groups in total. The van der Waals surface area contributed by atoms with Gasteiger partial charge < -0.3 is 15.0 Å². The summed E-state index contributed by atoms with van der Waals surface area (Å²) in [6.45, 7) is 4.32. The molecule has 2 aliphatic rings. The minimum atomic E-state index is -1.10. The summed E-state index contributed by atoms with van der Waals surface area (Å²) in [5, 5.41) is 7.83. The second-order valence-electron chi connectivity index (χ2n) is 11.1. The van der Waals surface area contributed by atoms with Gasteiger partial charge in [-0.25, -0.2) is 23.1 Å². The number of halogens is 2. The number of nitrogens with one attached hydrogen (secondary N) is 1. The average Bonchev–Trinajstić information content (AvgIpc) is 3.75. The molecule has 3 atom stereocenters. The lowest BCUT2D eigenvalue weighted by Crippen LogP contribution is -2.37. The number of likely N-dealkylation sites (tertiary alicyclic amines) is 1. The number of rotatable bonds is 9. The van der Waals surface area contributed by atoms with Crippen molar-refractivity contribution in [1.29, 1.82) is 0 Å². The number of aromatic nitrogens is 3. The molecule has 3 unspecified atom stereocenters. The molecule has 0 saturated carbocycles. The van der Waals surface area contributed by atoms with Gasteiger partial charge in [-0.05, 0) is 73.2 Å². The predicted octanol–water partition coefficient (Wildman–Crippen LogP) is 5.06. The van der Waals surface area contributed by atoms with Crippen LogP contribution in [0.3, 0.4) is 0 Å². The van der Waals surface area contributed by atoms with Crippen LogP contribution >= 0.6 is 11.8 Å². The standard InChI is InChI=1S/C32H34F2N6O3S/c1-3-43-32(42)21-6-4-5-20(13-21)17-38-12-11-24(19-38)36-31(41)27-16-35-29-9-10-30(37-40(27)29)39-18-23(34)15-26(39)25-14-22(33)7-8-28(25)44-2/h4-10,13-14,16,23-24,26H,3,11-12,15,17-19H2,1-2H3,(H,36,41). The van der Waals surface area contributed by atoms with Crippen molar-refractivity contribution < 1.29 is 23.1 Å². The SMILES string of the molecule is CCOC(=O)c1cccc(CN2CCC(NC(=O)c3cnc4ccc(N5CC(F)CC5c5cc(F)ccc5SC)nn34)C2)c1. The lowest BCUT2D eigenvalue weighted by molar-refractivity contribution is 0.0526. The molecule has 0 radical (unpaired) electrons. The van der Waals surface area contributed by atoms with E-state index in [2.05, 4.69) is 15.2 Å². The number of carbonyl (C=O) groups excluding carboxylic acids is 2. The van der Waals surface area contributed by atoms with Crippen molar-refractivity contribution in [3.8, 4) is 0 Å². The van der Waals surface area contributed by atoms with Crippen molar-refractivity contribution in [3.63, 3.8) is 0 Å². The first-order valence-electron chi connectivity index (χ1n) is 14.7. The number of carbonyl (C=O) groups is 2. The van der Waals surface area contributed by atoms with Gasteiger partial charge in [0.05, 0.1) is 31.0 Å². The third-order valence-corrected chi connectivity index (χ3v) is 8.94. The summed E-state index contributed by atoms with van der Waals surface area (Å²) in [6.07, 6.45) is 3.31. The molecule has 2 aliphatic heterocycles. The minimum Gasteiger partial charge on any atom is -0.462 e. The average molecular weight is 621 g/mol. The van der Waals surface area contributed by atoms with E-state index in [1.54, 1.807) is 31.2 Å². The number of imidazole rings is 1. The van der Waals surface area contributed by atoms with Crippen LogP contribution in [0.2, 0.25) is 0 Å². The number of esters is 1. The van der Waals surface area contributed by atoms with Crippen molar-refractivity contribution >= 4 is 35.1 Å². The summed E-state index contributed by atoms with van der Waals surface area (Å²) in [4.78, 5) is 34.8. The number of benzene rings is 2. The summed E-state index contributed by atoms with van der Waals surface area (Å²) in [6, 6.07) is 15.1. The van der Waals surface area contributed by atoms with Crippen LogP contribution in [-0.4, -0.2) is 76.1 Å². The Balaban J connectivity index is 1.15. The molecule has 2 aromatic carbocycles. The van der Waals surface area contributed by atoms with Gasteiger partial charge in [-0.3, -0.25) is 9.69 Å². The Hall–Kier alpha value is -4.03. The molecular formula is C32H34F2N6O3S. The Bertz CT molecular complexity index is 1680. The minimum absolute atomic E-state index is 0.0716. The smallest absolute Gasteiger partial charge is 0.338 e. The van der Waals surface area contributed by atoms with Crippen molar-refractivity contribution in [3.05, 3.63) is 89.0 Å². The molecular weight excluding hydrogens is 586 g/mol. The van der Waals surface area contributed by atoms with Gasteiger partial charge in [-0.2, -0.15) is 0 Å². The molecule has 1 amide bonds. The van der Waals surface area contributed by atoms with Crippen LogP contribution in [0.25, 0.3) is 5.65 Å². The quantitative estimate of drug-likeness (QED) is 0.205. The number of ether oxygens (including phenoxy) is 1. The van der Waals surface area contributed by atoms with Crippen LogP contribution < -0.4 is 10.2 Å². The first-order valence-corrected chi connectivity index (χ1v) is 15.9. The highest BCUT2D eigenvalue weighted by Gasteiger charge is 2.36. The number of hydrogen-bond donors (Lipinski definition) is 1. The van der Waals surface area contributed by atoms with Gasteiger partial charge in [0.1, 0.15) is 17.8 Å². The summed E-state index contributed by atoms with van der Waals surface area (Å²) < 4.78 is 35.6. The Kier molecular flexibility index (Phi) is 8.81. The summed E-state index contributed by atoms with van der Waals surface area (Å²) in [5.41, 5.74) is 3.03. The predicted molar refractivity (Wildman–Crippen MR) is 164 cm³/mol. The molecule has 2 saturated heterocycles. The van der Waals surface area contributed by atoms with E-state index in [4.69, 9.17) is 9.84 Å². The van der Waals surface area contributed by atoms with Gasteiger partial charge in [0, 0.05) is 37.0 Å². The molecule has 6 rings (SSSR count).